The lowest BCUT2D eigenvalue weighted by molar-refractivity contribution is -0.154. The molecular formula is C22H34N4O3. The molecule has 160 valence electrons. The number of H-pyrrole nitrogens is 1. The summed E-state index contributed by atoms with van der Waals surface area (Å²) in [5, 5.41) is 0. The third kappa shape index (κ3) is 6.54. The summed E-state index contributed by atoms with van der Waals surface area (Å²) < 4.78 is 5.16. The third-order valence-corrected chi connectivity index (χ3v) is 5.01. The van der Waals surface area contributed by atoms with Gasteiger partial charge in [-0.2, -0.15) is 0 Å². The molecule has 0 aromatic carbocycles. The average molecular weight is 403 g/mol. The van der Waals surface area contributed by atoms with Gasteiger partial charge >= 0.3 is 5.97 Å². The Morgan fingerprint density at radius 2 is 2.00 bits per heavy atom. The molecule has 0 saturated carbocycles. The summed E-state index contributed by atoms with van der Waals surface area (Å²) in [4.78, 5) is 38.6. The Labute approximate surface area is 173 Å². The molecule has 1 N–H and O–H groups in total. The number of unbranched alkanes of at least 4 members (excludes halogenated alkanes) is 2. The minimum absolute atomic E-state index is 0.00754. The van der Waals surface area contributed by atoms with Crippen LogP contribution in [0.25, 0.3) is 11.0 Å². The van der Waals surface area contributed by atoms with Crippen LogP contribution in [0.2, 0.25) is 0 Å². The Morgan fingerprint density at radius 3 is 2.69 bits per heavy atom. The second kappa shape index (κ2) is 10.9. The standard InChI is InChI=1S/C22H34N4O3/c1-6-29-22(28)19(14-15(2)3)26(5)20(27)11-9-7-8-10-17-21-18(12-13-23-17)24-16(4)25-21/h12-13,15,19H,6-11,14H2,1-5H3,(H,24,25)/t19-/m0/s1. The predicted octanol–water partition coefficient (Wildman–Crippen LogP) is 3.81. The summed E-state index contributed by atoms with van der Waals surface area (Å²) in [5.41, 5.74) is 2.95. The maximum absolute atomic E-state index is 12.6. The fraction of sp³-hybridized carbons (Fsp3) is 0.636. The molecule has 0 fully saturated rings. The number of hydrogen-bond acceptors (Lipinski definition) is 5. The van der Waals surface area contributed by atoms with Gasteiger partial charge < -0.3 is 14.6 Å². The molecule has 0 unspecified atom stereocenters. The zero-order valence-corrected chi connectivity index (χ0v) is 18.3. The molecule has 2 rings (SSSR count). The van der Waals surface area contributed by atoms with Gasteiger partial charge in [0.15, 0.2) is 0 Å². The van der Waals surface area contributed by atoms with Gasteiger partial charge in [0.1, 0.15) is 17.4 Å². The number of pyridine rings is 1. The molecule has 0 aliphatic carbocycles. The number of imidazole rings is 1. The van der Waals surface area contributed by atoms with Gasteiger partial charge in [-0.05, 0) is 51.5 Å². The quantitative estimate of drug-likeness (QED) is 0.456. The molecule has 0 bridgehead atoms. The molecule has 0 spiro atoms. The maximum Gasteiger partial charge on any atom is 0.328 e. The second-order valence-corrected chi connectivity index (χ2v) is 7.94. The van der Waals surface area contributed by atoms with Crippen molar-refractivity contribution in [3.05, 3.63) is 23.8 Å². The van der Waals surface area contributed by atoms with Crippen LogP contribution in [0.1, 0.15) is 64.4 Å². The Hall–Kier alpha value is -2.44. The van der Waals surface area contributed by atoms with Crippen molar-refractivity contribution in [2.45, 2.75) is 72.3 Å². The van der Waals surface area contributed by atoms with Gasteiger partial charge in [0, 0.05) is 19.7 Å². The molecule has 2 heterocycles. The topological polar surface area (TPSA) is 88.2 Å². The zero-order valence-electron chi connectivity index (χ0n) is 18.3. The van der Waals surface area contributed by atoms with Crippen LogP contribution in [0, 0.1) is 12.8 Å². The van der Waals surface area contributed by atoms with Gasteiger partial charge in [-0.25, -0.2) is 9.78 Å². The van der Waals surface area contributed by atoms with Crippen molar-refractivity contribution in [1.82, 2.24) is 19.9 Å². The van der Waals surface area contributed by atoms with Crippen LogP contribution in [0.5, 0.6) is 0 Å². The number of amides is 1. The van der Waals surface area contributed by atoms with Crippen LogP contribution < -0.4 is 0 Å². The number of esters is 1. The van der Waals surface area contributed by atoms with E-state index in [4.69, 9.17) is 4.74 Å². The van der Waals surface area contributed by atoms with E-state index < -0.39 is 6.04 Å². The highest BCUT2D eigenvalue weighted by atomic mass is 16.5. The van der Waals surface area contributed by atoms with Crippen molar-refractivity contribution in [2.24, 2.45) is 5.92 Å². The van der Waals surface area contributed by atoms with Crippen LogP contribution in [-0.4, -0.2) is 51.4 Å². The van der Waals surface area contributed by atoms with Gasteiger partial charge in [0.25, 0.3) is 0 Å². The van der Waals surface area contributed by atoms with Gasteiger partial charge in [0.05, 0.1) is 17.8 Å². The van der Waals surface area contributed by atoms with Crippen LogP contribution in [0.4, 0.5) is 0 Å². The van der Waals surface area contributed by atoms with E-state index in [0.29, 0.717) is 25.4 Å². The first-order valence-electron chi connectivity index (χ1n) is 10.6. The minimum Gasteiger partial charge on any atom is -0.464 e. The Morgan fingerprint density at radius 1 is 1.24 bits per heavy atom. The smallest absolute Gasteiger partial charge is 0.328 e. The molecule has 7 heteroatoms. The molecule has 7 nitrogen and oxygen atoms in total. The molecule has 29 heavy (non-hydrogen) atoms. The molecule has 0 radical (unpaired) electrons. The number of carbonyl (C=O) groups excluding carboxylic acids is 2. The van der Waals surface area contributed by atoms with E-state index in [1.165, 1.54) is 0 Å². The fourth-order valence-corrected chi connectivity index (χ4v) is 3.49. The van der Waals surface area contributed by atoms with E-state index in [1.54, 1.807) is 25.1 Å². The van der Waals surface area contributed by atoms with E-state index >= 15 is 0 Å². The minimum atomic E-state index is -0.507. The van der Waals surface area contributed by atoms with E-state index in [-0.39, 0.29) is 11.9 Å². The highest BCUT2D eigenvalue weighted by molar-refractivity contribution is 5.84. The van der Waals surface area contributed by atoms with Crippen LogP contribution in [0.15, 0.2) is 12.3 Å². The lowest BCUT2D eigenvalue weighted by atomic mass is 10.0. The van der Waals surface area contributed by atoms with Gasteiger partial charge in [-0.1, -0.05) is 20.3 Å². The first kappa shape index (κ1) is 22.8. The number of nitrogens with one attached hydrogen (secondary N) is 1. The summed E-state index contributed by atoms with van der Waals surface area (Å²) in [6.45, 7) is 8.13. The SMILES string of the molecule is CCOC(=O)[C@H](CC(C)C)N(C)C(=O)CCCCCc1nccc2[nH]c(C)nc12. The summed E-state index contributed by atoms with van der Waals surface area (Å²) in [5.74, 6) is 0.873. The van der Waals surface area contributed by atoms with E-state index in [9.17, 15) is 9.59 Å². The third-order valence-electron chi connectivity index (χ3n) is 5.01. The van der Waals surface area contributed by atoms with Crippen molar-refractivity contribution >= 4 is 22.9 Å². The number of ether oxygens (including phenoxy) is 1. The summed E-state index contributed by atoms with van der Waals surface area (Å²) in [7, 11) is 1.71. The lowest BCUT2D eigenvalue weighted by Gasteiger charge is -2.27. The summed E-state index contributed by atoms with van der Waals surface area (Å²) in [6, 6.07) is 1.43. The normalized spacial score (nSPS) is 12.3. The Balaban J connectivity index is 1.81. The van der Waals surface area contributed by atoms with Gasteiger partial charge in [0.2, 0.25) is 5.91 Å². The molecular weight excluding hydrogens is 368 g/mol. The van der Waals surface area contributed by atoms with E-state index in [0.717, 1.165) is 48.2 Å². The molecule has 0 aliphatic heterocycles. The zero-order chi connectivity index (χ0) is 21.4. The number of nitrogens with zero attached hydrogens (tertiary/aromatic N) is 3. The molecule has 2 aromatic heterocycles. The molecule has 2 aromatic rings. The van der Waals surface area contributed by atoms with Crippen LogP contribution in [0.3, 0.4) is 0 Å². The number of aromatic nitrogens is 3. The molecule has 1 atom stereocenters. The second-order valence-electron chi connectivity index (χ2n) is 7.94. The highest BCUT2D eigenvalue weighted by Gasteiger charge is 2.28. The number of hydrogen-bond donors (Lipinski definition) is 1. The van der Waals surface area contributed by atoms with Crippen LogP contribution >= 0.6 is 0 Å². The fourth-order valence-electron chi connectivity index (χ4n) is 3.49. The van der Waals surface area contributed by atoms with Crippen molar-refractivity contribution < 1.29 is 14.3 Å². The van der Waals surface area contributed by atoms with Crippen molar-refractivity contribution in [3.63, 3.8) is 0 Å². The number of aromatic amines is 1. The molecule has 1 amide bonds. The first-order chi connectivity index (χ1) is 13.8. The maximum atomic E-state index is 12.6. The van der Waals surface area contributed by atoms with Gasteiger partial charge in [-0.15, -0.1) is 0 Å². The van der Waals surface area contributed by atoms with Gasteiger partial charge in [-0.3, -0.25) is 9.78 Å². The monoisotopic (exact) mass is 402 g/mol. The van der Waals surface area contributed by atoms with E-state index in [1.807, 2.05) is 26.8 Å². The number of fused-ring (bicyclic) bond motifs is 1. The van der Waals surface area contributed by atoms with Crippen molar-refractivity contribution in [3.8, 4) is 0 Å². The highest BCUT2D eigenvalue weighted by Crippen LogP contribution is 2.18. The summed E-state index contributed by atoms with van der Waals surface area (Å²) in [6.07, 6.45) is 6.35. The summed E-state index contributed by atoms with van der Waals surface area (Å²) >= 11 is 0. The largest absolute Gasteiger partial charge is 0.464 e. The number of rotatable bonds is 11. The number of aryl methyl sites for hydroxylation is 2. The van der Waals surface area contributed by atoms with Crippen molar-refractivity contribution in [2.75, 3.05) is 13.7 Å². The number of carbonyl (C=O) groups is 2. The van der Waals surface area contributed by atoms with E-state index in [2.05, 4.69) is 15.0 Å². The average Bonchev–Trinajstić information content (AvgIpc) is 3.06. The molecule has 0 aliphatic rings. The first-order valence-corrected chi connectivity index (χ1v) is 10.6. The van der Waals surface area contributed by atoms with Crippen LogP contribution in [-0.2, 0) is 20.7 Å². The number of likely N-dealkylation sites (N-methyl/N-ethyl adjacent to an activating group) is 1. The predicted molar refractivity (Wildman–Crippen MR) is 113 cm³/mol. The Bertz CT molecular complexity index is 815. The lowest BCUT2D eigenvalue weighted by Crippen LogP contribution is -2.44. The molecule has 0 saturated heterocycles. The Kier molecular flexibility index (Phi) is 8.61. The van der Waals surface area contributed by atoms with Crippen molar-refractivity contribution in [1.29, 1.82) is 0 Å².